The molecule has 96 valence electrons. The molecule has 0 spiro atoms. The SMILES string of the molecule is CCCCCCCCCC(=O)OOC(C)C. The summed E-state index contributed by atoms with van der Waals surface area (Å²) in [6.45, 7) is 5.88. The summed E-state index contributed by atoms with van der Waals surface area (Å²) < 4.78 is 0. The van der Waals surface area contributed by atoms with Gasteiger partial charge in [0.2, 0.25) is 0 Å². The topological polar surface area (TPSA) is 35.5 Å². The lowest BCUT2D eigenvalue weighted by atomic mass is 10.1. The minimum atomic E-state index is -0.248. The molecule has 3 nitrogen and oxygen atoms in total. The third kappa shape index (κ3) is 11.5. The minimum Gasteiger partial charge on any atom is -0.298 e. The van der Waals surface area contributed by atoms with Gasteiger partial charge in [-0.25, -0.2) is 4.79 Å². The number of hydrogen-bond acceptors (Lipinski definition) is 3. The largest absolute Gasteiger partial charge is 0.342 e. The van der Waals surface area contributed by atoms with Crippen molar-refractivity contribution in [2.45, 2.75) is 78.2 Å². The Labute approximate surface area is 99.4 Å². The number of carbonyl (C=O) groups is 1. The average molecular weight is 230 g/mol. The highest BCUT2D eigenvalue weighted by atomic mass is 17.2. The summed E-state index contributed by atoms with van der Waals surface area (Å²) in [5.74, 6) is -0.248. The van der Waals surface area contributed by atoms with Gasteiger partial charge in [0.25, 0.3) is 0 Å². The second-order valence-corrected chi connectivity index (χ2v) is 4.47. The molecule has 0 amide bonds. The molecule has 0 aromatic rings. The van der Waals surface area contributed by atoms with E-state index >= 15 is 0 Å². The highest BCUT2D eigenvalue weighted by Gasteiger charge is 2.04. The molecule has 0 aliphatic rings. The first-order valence-corrected chi connectivity index (χ1v) is 6.53. The van der Waals surface area contributed by atoms with Crippen molar-refractivity contribution in [1.82, 2.24) is 0 Å². The third-order valence-electron chi connectivity index (χ3n) is 2.32. The zero-order chi connectivity index (χ0) is 12.2. The van der Waals surface area contributed by atoms with Crippen molar-refractivity contribution in [2.75, 3.05) is 0 Å². The van der Waals surface area contributed by atoms with Gasteiger partial charge in [0.1, 0.15) is 0 Å². The highest BCUT2D eigenvalue weighted by Crippen LogP contribution is 2.08. The van der Waals surface area contributed by atoms with E-state index in [1.807, 2.05) is 13.8 Å². The maximum Gasteiger partial charge on any atom is 0.342 e. The summed E-state index contributed by atoms with van der Waals surface area (Å²) in [6, 6.07) is 0. The molecular weight excluding hydrogens is 204 g/mol. The van der Waals surface area contributed by atoms with Gasteiger partial charge in [-0.15, -0.1) is 0 Å². The first-order chi connectivity index (χ1) is 7.66. The molecule has 0 aromatic heterocycles. The lowest BCUT2D eigenvalue weighted by molar-refractivity contribution is -0.291. The Bertz CT molecular complexity index is 167. The molecule has 0 unspecified atom stereocenters. The van der Waals surface area contributed by atoms with E-state index in [-0.39, 0.29) is 12.1 Å². The van der Waals surface area contributed by atoms with Crippen LogP contribution in [0.4, 0.5) is 0 Å². The molecule has 3 heteroatoms. The molecule has 0 heterocycles. The molecule has 0 bridgehead atoms. The van der Waals surface area contributed by atoms with E-state index in [4.69, 9.17) is 4.89 Å². The quantitative estimate of drug-likeness (QED) is 0.323. The standard InChI is InChI=1S/C13H26O3/c1-4-5-6-7-8-9-10-11-13(14)16-15-12(2)3/h12H,4-11H2,1-3H3. The van der Waals surface area contributed by atoms with Gasteiger partial charge < -0.3 is 0 Å². The zero-order valence-corrected chi connectivity index (χ0v) is 11.0. The lowest BCUT2D eigenvalue weighted by Gasteiger charge is -2.05. The van der Waals surface area contributed by atoms with Gasteiger partial charge in [-0.2, -0.15) is 4.89 Å². The van der Waals surface area contributed by atoms with E-state index in [9.17, 15) is 4.79 Å². The molecule has 0 saturated heterocycles. The van der Waals surface area contributed by atoms with E-state index in [1.54, 1.807) is 0 Å². The molecule has 0 N–H and O–H groups in total. The molecule has 0 aliphatic heterocycles. The first kappa shape index (κ1) is 15.4. The second-order valence-electron chi connectivity index (χ2n) is 4.47. The van der Waals surface area contributed by atoms with E-state index in [1.165, 1.54) is 32.1 Å². The predicted molar refractivity (Wildman–Crippen MR) is 64.9 cm³/mol. The molecule has 16 heavy (non-hydrogen) atoms. The lowest BCUT2D eigenvalue weighted by Crippen LogP contribution is -2.10. The summed E-state index contributed by atoms with van der Waals surface area (Å²) in [6.07, 6.45) is 8.86. The van der Waals surface area contributed by atoms with Crippen LogP contribution >= 0.6 is 0 Å². The van der Waals surface area contributed by atoms with Gasteiger partial charge in [-0.1, -0.05) is 45.4 Å². The Hall–Kier alpha value is -0.570. The first-order valence-electron chi connectivity index (χ1n) is 6.53. The van der Waals surface area contributed by atoms with Crippen molar-refractivity contribution < 1.29 is 14.6 Å². The van der Waals surface area contributed by atoms with Gasteiger partial charge in [0, 0.05) is 6.42 Å². The molecule has 0 rings (SSSR count). The normalized spacial score (nSPS) is 10.8. The molecule has 0 atom stereocenters. The molecule has 0 saturated carbocycles. The van der Waals surface area contributed by atoms with E-state index in [0.29, 0.717) is 6.42 Å². The average Bonchev–Trinajstić information content (AvgIpc) is 2.25. The van der Waals surface area contributed by atoms with Gasteiger partial charge in [0.15, 0.2) is 0 Å². The number of hydrogen-bond donors (Lipinski definition) is 0. The highest BCUT2D eigenvalue weighted by molar-refractivity contribution is 5.68. The van der Waals surface area contributed by atoms with Crippen LogP contribution in [0, 0.1) is 0 Å². The van der Waals surface area contributed by atoms with Crippen molar-refractivity contribution >= 4 is 5.97 Å². The fourth-order valence-corrected chi connectivity index (χ4v) is 1.42. The van der Waals surface area contributed by atoms with Gasteiger partial charge in [-0.3, -0.25) is 4.89 Å². The Kier molecular flexibility index (Phi) is 10.5. The van der Waals surface area contributed by atoms with Crippen molar-refractivity contribution in [3.8, 4) is 0 Å². The van der Waals surface area contributed by atoms with Crippen LogP contribution in [0.3, 0.4) is 0 Å². The van der Waals surface area contributed by atoms with Crippen LogP contribution in [0.15, 0.2) is 0 Å². The number of unbranched alkanes of at least 4 members (excludes halogenated alkanes) is 6. The summed E-state index contributed by atoms with van der Waals surface area (Å²) in [5.41, 5.74) is 0. The van der Waals surface area contributed by atoms with Crippen LogP contribution in [0.2, 0.25) is 0 Å². The maximum atomic E-state index is 11.1. The molecule has 0 fully saturated rings. The second kappa shape index (κ2) is 10.9. The summed E-state index contributed by atoms with van der Waals surface area (Å²) in [5, 5.41) is 0. The maximum absolute atomic E-state index is 11.1. The number of carbonyl (C=O) groups excluding carboxylic acids is 1. The zero-order valence-electron chi connectivity index (χ0n) is 11.0. The van der Waals surface area contributed by atoms with Crippen LogP contribution in [-0.2, 0) is 14.6 Å². The van der Waals surface area contributed by atoms with Crippen molar-refractivity contribution in [2.24, 2.45) is 0 Å². The summed E-state index contributed by atoms with van der Waals surface area (Å²) >= 11 is 0. The third-order valence-corrected chi connectivity index (χ3v) is 2.32. The van der Waals surface area contributed by atoms with Crippen molar-refractivity contribution in [1.29, 1.82) is 0 Å². The van der Waals surface area contributed by atoms with Crippen LogP contribution in [0.25, 0.3) is 0 Å². The molecule has 0 radical (unpaired) electrons. The van der Waals surface area contributed by atoms with Crippen LogP contribution in [0.1, 0.15) is 72.1 Å². The monoisotopic (exact) mass is 230 g/mol. The van der Waals surface area contributed by atoms with Crippen LogP contribution < -0.4 is 0 Å². The van der Waals surface area contributed by atoms with Gasteiger partial charge in [0.05, 0.1) is 6.10 Å². The smallest absolute Gasteiger partial charge is 0.298 e. The summed E-state index contributed by atoms with van der Waals surface area (Å²) in [4.78, 5) is 20.5. The van der Waals surface area contributed by atoms with E-state index in [0.717, 1.165) is 12.8 Å². The molecular formula is C13H26O3. The van der Waals surface area contributed by atoms with Gasteiger partial charge >= 0.3 is 5.97 Å². The van der Waals surface area contributed by atoms with Gasteiger partial charge in [-0.05, 0) is 20.3 Å². The number of rotatable bonds is 10. The van der Waals surface area contributed by atoms with Crippen molar-refractivity contribution in [3.63, 3.8) is 0 Å². The molecule has 0 aliphatic carbocycles. The Morgan fingerprint density at radius 3 is 2.12 bits per heavy atom. The fraction of sp³-hybridized carbons (Fsp3) is 0.923. The Morgan fingerprint density at radius 2 is 1.56 bits per heavy atom. The van der Waals surface area contributed by atoms with E-state index < -0.39 is 0 Å². The minimum absolute atomic E-state index is 0.0574. The predicted octanol–water partition coefficient (Wildman–Crippen LogP) is 4.01. The Balaban J connectivity index is 3.15. The Morgan fingerprint density at radius 1 is 1.00 bits per heavy atom. The van der Waals surface area contributed by atoms with Crippen molar-refractivity contribution in [3.05, 3.63) is 0 Å². The molecule has 0 aromatic carbocycles. The van der Waals surface area contributed by atoms with Crippen LogP contribution in [0.5, 0.6) is 0 Å². The fourth-order valence-electron chi connectivity index (χ4n) is 1.42. The summed E-state index contributed by atoms with van der Waals surface area (Å²) in [7, 11) is 0. The van der Waals surface area contributed by atoms with Crippen LogP contribution in [-0.4, -0.2) is 12.1 Å². The van der Waals surface area contributed by atoms with E-state index in [2.05, 4.69) is 11.8 Å².